The second kappa shape index (κ2) is 7.14. The lowest BCUT2D eigenvalue weighted by molar-refractivity contribution is -0.127. The van der Waals surface area contributed by atoms with E-state index in [-0.39, 0.29) is 5.91 Å². The summed E-state index contributed by atoms with van der Waals surface area (Å²) in [6.07, 6.45) is 6.32. The first-order chi connectivity index (χ1) is 5.68. The predicted octanol–water partition coefficient (Wildman–Crippen LogP) is 2.44. The number of amides is 1. The molecule has 12 heavy (non-hydrogen) atoms. The van der Waals surface area contributed by atoms with E-state index < -0.39 is 0 Å². The summed E-state index contributed by atoms with van der Waals surface area (Å²) in [6.45, 7) is 4.74. The SMILES string of the molecule is CCCCCCCN(C)C(C)=O. The molecule has 0 heterocycles. The molecule has 0 aromatic carbocycles. The highest BCUT2D eigenvalue weighted by Gasteiger charge is 1.99. The van der Waals surface area contributed by atoms with E-state index in [2.05, 4.69) is 6.92 Å². The summed E-state index contributed by atoms with van der Waals surface area (Å²) in [5, 5.41) is 0. The standard InChI is InChI=1S/C10H21NO/c1-4-5-6-7-8-9-11(3)10(2)12/h4-9H2,1-3H3. The molecule has 1 amide bonds. The highest BCUT2D eigenvalue weighted by atomic mass is 16.2. The number of hydrogen-bond acceptors (Lipinski definition) is 1. The third-order valence-corrected chi connectivity index (χ3v) is 2.13. The van der Waals surface area contributed by atoms with Crippen molar-refractivity contribution in [2.75, 3.05) is 13.6 Å². The zero-order chi connectivity index (χ0) is 9.40. The summed E-state index contributed by atoms with van der Waals surface area (Å²) >= 11 is 0. The lowest BCUT2D eigenvalue weighted by Gasteiger charge is -2.13. The molecule has 0 aromatic rings. The number of unbranched alkanes of at least 4 members (excludes halogenated alkanes) is 4. The maximum absolute atomic E-state index is 10.8. The minimum absolute atomic E-state index is 0.172. The van der Waals surface area contributed by atoms with Crippen LogP contribution in [0.5, 0.6) is 0 Å². The zero-order valence-corrected chi connectivity index (χ0v) is 8.60. The molecule has 0 rings (SSSR count). The summed E-state index contributed by atoms with van der Waals surface area (Å²) in [5.74, 6) is 0.172. The molecule has 0 spiro atoms. The summed E-state index contributed by atoms with van der Waals surface area (Å²) in [6, 6.07) is 0. The fraction of sp³-hybridized carbons (Fsp3) is 0.900. The lowest BCUT2D eigenvalue weighted by atomic mass is 10.1. The fourth-order valence-corrected chi connectivity index (χ4v) is 1.11. The Morgan fingerprint density at radius 2 is 1.75 bits per heavy atom. The number of hydrogen-bond donors (Lipinski definition) is 0. The molecule has 0 unspecified atom stereocenters. The van der Waals surface area contributed by atoms with Crippen molar-refractivity contribution in [2.24, 2.45) is 0 Å². The Balaban J connectivity index is 3.14. The monoisotopic (exact) mass is 171 g/mol. The molecule has 0 saturated carbocycles. The van der Waals surface area contributed by atoms with Crippen molar-refractivity contribution in [2.45, 2.75) is 46.0 Å². The molecule has 0 bridgehead atoms. The van der Waals surface area contributed by atoms with Crippen molar-refractivity contribution < 1.29 is 4.79 Å². The lowest BCUT2D eigenvalue weighted by Crippen LogP contribution is -2.24. The van der Waals surface area contributed by atoms with Crippen LogP contribution >= 0.6 is 0 Å². The van der Waals surface area contributed by atoms with Gasteiger partial charge < -0.3 is 4.90 Å². The van der Waals surface area contributed by atoms with Crippen molar-refractivity contribution in [1.82, 2.24) is 4.90 Å². The molecule has 0 aliphatic carbocycles. The Kier molecular flexibility index (Phi) is 6.82. The molecule has 0 saturated heterocycles. The maximum atomic E-state index is 10.8. The van der Waals surface area contributed by atoms with Gasteiger partial charge >= 0.3 is 0 Å². The summed E-state index contributed by atoms with van der Waals surface area (Å²) in [4.78, 5) is 12.6. The Morgan fingerprint density at radius 1 is 1.17 bits per heavy atom. The largest absolute Gasteiger partial charge is 0.346 e. The molecular formula is C10H21NO. The van der Waals surface area contributed by atoms with Gasteiger partial charge in [0.2, 0.25) is 5.91 Å². The first kappa shape index (κ1) is 11.5. The first-order valence-electron chi connectivity index (χ1n) is 4.90. The Bertz CT molecular complexity index is 123. The van der Waals surface area contributed by atoms with Gasteiger partial charge in [-0.3, -0.25) is 4.79 Å². The number of carbonyl (C=O) groups is 1. The summed E-state index contributed by atoms with van der Waals surface area (Å²) in [5.41, 5.74) is 0. The second-order valence-corrected chi connectivity index (χ2v) is 3.35. The second-order valence-electron chi connectivity index (χ2n) is 3.35. The maximum Gasteiger partial charge on any atom is 0.219 e. The van der Waals surface area contributed by atoms with Gasteiger partial charge in [-0.25, -0.2) is 0 Å². The van der Waals surface area contributed by atoms with E-state index in [9.17, 15) is 4.79 Å². The van der Waals surface area contributed by atoms with Gasteiger partial charge in [-0.15, -0.1) is 0 Å². The molecule has 0 N–H and O–H groups in total. The van der Waals surface area contributed by atoms with Crippen molar-refractivity contribution in [3.05, 3.63) is 0 Å². The van der Waals surface area contributed by atoms with Crippen LogP contribution in [0.25, 0.3) is 0 Å². The van der Waals surface area contributed by atoms with Gasteiger partial charge in [-0.05, 0) is 6.42 Å². The molecule has 2 heteroatoms. The first-order valence-corrected chi connectivity index (χ1v) is 4.90. The number of carbonyl (C=O) groups excluding carboxylic acids is 1. The van der Waals surface area contributed by atoms with Gasteiger partial charge in [0.05, 0.1) is 0 Å². The molecular weight excluding hydrogens is 150 g/mol. The molecule has 0 aromatic heterocycles. The van der Waals surface area contributed by atoms with Gasteiger partial charge in [-0.2, -0.15) is 0 Å². The van der Waals surface area contributed by atoms with Crippen LogP contribution in [0.3, 0.4) is 0 Å². The van der Waals surface area contributed by atoms with Crippen molar-refractivity contribution in [3.63, 3.8) is 0 Å². The predicted molar refractivity (Wildman–Crippen MR) is 52.1 cm³/mol. The summed E-state index contributed by atoms with van der Waals surface area (Å²) in [7, 11) is 1.86. The van der Waals surface area contributed by atoms with Gasteiger partial charge in [0.25, 0.3) is 0 Å². The van der Waals surface area contributed by atoms with E-state index in [1.165, 1.54) is 25.7 Å². The highest BCUT2D eigenvalue weighted by molar-refractivity contribution is 5.72. The Labute approximate surface area is 75.9 Å². The van der Waals surface area contributed by atoms with Crippen molar-refractivity contribution in [3.8, 4) is 0 Å². The highest BCUT2D eigenvalue weighted by Crippen LogP contribution is 2.02. The van der Waals surface area contributed by atoms with Crippen LogP contribution in [0.15, 0.2) is 0 Å². The average molecular weight is 171 g/mol. The van der Waals surface area contributed by atoms with E-state index in [0.29, 0.717) is 0 Å². The van der Waals surface area contributed by atoms with Crippen LogP contribution < -0.4 is 0 Å². The third-order valence-electron chi connectivity index (χ3n) is 2.13. The number of rotatable bonds is 6. The van der Waals surface area contributed by atoms with Crippen molar-refractivity contribution in [1.29, 1.82) is 0 Å². The zero-order valence-electron chi connectivity index (χ0n) is 8.60. The van der Waals surface area contributed by atoms with Gasteiger partial charge in [0.1, 0.15) is 0 Å². The van der Waals surface area contributed by atoms with E-state index in [1.54, 1.807) is 11.8 Å². The van der Waals surface area contributed by atoms with Crippen molar-refractivity contribution >= 4 is 5.91 Å². The van der Waals surface area contributed by atoms with Gasteiger partial charge in [0, 0.05) is 20.5 Å². The molecule has 0 radical (unpaired) electrons. The average Bonchev–Trinajstić information content (AvgIpc) is 2.03. The topological polar surface area (TPSA) is 20.3 Å². The Hall–Kier alpha value is -0.530. The Morgan fingerprint density at radius 3 is 2.25 bits per heavy atom. The third kappa shape index (κ3) is 6.20. The minimum Gasteiger partial charge on any atom is -0.346 e. The molecule has 72 valence electrons. The molecule has 0 fully saturated rings. The molecule has 0 atom stereocenters. The van der Waals surface area contributed by atoms with Gasteiger partial charge in [-0.1, -0.05) is 32.6 Å². The van der Waals surface area contributed by atoms with E-state index in [0.717, 1.165) is 13.0 Å². The minimum atomic E-state index is 0.172. The van der Waals surface area contributed by atoms with E-state index in [4.69, 9.17) is 0 Å². The molecule has 2 nitrogen and oxygen atoms in total. The van der Waals surface area contributed by atoms with E-state index >= 15 is 0 Å². The number of nitrogens with zero attached hydrogens (tertiary/aromatic N) is 1. The van der Waals surface area contributed by atoms with Crippen LogP contribution in [0.4, 0.5) is 0 Å². The van der Waals surface area contributed by atoms with Gasteiger partial charge in [0.15, 0.2) is 0 Å². The quantitative estimate of drug-likeness (QED) is 0.562. The van der Waals surface area contributed by atoms with Crippen LogP contribution in [0, 0.1) is 0 Å². The molecule has 0 aliphatic heterocycles. The van der Waals surface area contributed by atoms with Crippen LogP contribution in [-0.4, -0.2) is 24.4 Å². The molecule has 0 aliphatic rings. The smallest absolute Gasteiger partial charge is 0.219 e. The van der Waals surface area contributed by atoms with Crippen LogP contribution in [-0.2, 0) is 4.79 Å². The van der Waals surface area contributed by atoms with Crippen LogP contribution in [0.2, 0.25) is 0 Å². The normalized spacial score (nSPS) is 9.92. The summed E-state index contributed by atoms with van der Waals surface area (Å²) < 4.78 is 0. The fourth-order valence-electron chi connectivity index (χ4n) is 1.11. The van der Waals surface area contributed by atoms with E-state index in [1.807, 2.05) is 7.05 Å². The van der Waals surface area contributed by atoms with Crippen LogP contribution in [0.1, 0.15) is 46.0 Å².